The molecule has 22 heavy (non-hydrogen) atoms. The van der Waals surface area contributed by atoms with Gasteiger partial charge in [0, 0.05) is 18.7 Å². The van der Waals surface area contributed by atoms with Gasteiger partial charge in [-0.15, -0.1) is 0 Å². The maximum Gasteiger partial charge on any atom is 0.273 e. The minimum atomic E-state index is -3.30. The van der Waals surface area contributed by atoms with E-state index >= 15 is 0 Å². The number of aromatic nitrogens is 1. The summed E-state index contributed by atoms with van der Waals surface area (Å²) in [5, 5.41) is 0.462. The van der Waals surface area contributed by atoms with Gasteiger partial charge in [-0.25, -0.2) is 13.2 Å². The average molecular weight is 307 g/mol. The Labute approximate surface area is 123 Å². The summed E-state index contributed by atoms with van der Waals surface area (Å²) >= 11 is 0. The first-order chi connectivity index (χ1) is 10.3. The molecule has 0 amide bonds. The van der Waals surface area contributed by atoms with Gasteiger partial charge in [0.05, 0.1) is 17.1 Å². The van der Waals surface area contributed by atoms with Crippen LogP contribution in [0.15, 0.2) is 35.0 Å². The van der Waals surface area contributed by atoms with Crippen LogP contribution in [-0.2, 0) is 5.92 Å². The molecule has 4 nitrogen and oxygen atoms in total. The minimum Gasteiger partial charge on any atom is -0.437 e. The van der Waals surface area contributed by atoms with E-state index in [-0.39, 0.29) is 11.6 Å². The van der Waals surface area contributed by atoms with E-state index in [1.807, 2.05) is 0 Å². The molecular formula is C15H12F3N3O. The fourth-order valence-electron chi connectivity index (χ4n) is 2.34. The van der Waals surface area contributed by atoms with Crippen molar-refractivity contribution in [2.45, 2.75) is 12.8 Å². The van der Waals surface area contributed by atoms with Gasteiger partial charge < -0.3 is 15.9 Å². The number of furan rings is 1. The van der Waals surface area contributed by atoms with Crippen molar-refractivity contribution in [1.29, 1.82) is 0 Å². The van der Waals surface area contributed by atoms with Gasteiger partial charge in [0.1, 0.15) is 11.5 Å². The third-order valence-corrected chi connectivity index (χ3v) is 3.42. The lowest BCUT2D eigenvalue weighted by atomic mass is 9.99. The van der Waals surface area contributed by atoms with Gasteiger partial charge in [0.25, 0.3) is 5.92 Å². The number of anilines is 2. The van der Waals surface area contributed by atoms with E-state index in [0.29, 0.717) is 29.0 Å². The molecule has 0 aliphatic rings. The predicted octanol–water partition coefficient (Wildman–Crippen LogP) is 3.91. The van der Waals surface area contributed by atoms with Crippen LogP contribution in [0.4, 0.5) is 24.7 Å². The first kappa shape index (κ1) is 14.2. The molecule has 0 bridgehead atoms. The lowest BCUT2D eigenvalue weighted by Gasteiger charge is -2.13. The van der Waals surface area contributed by atoms with Gasteiger partial charge in [-0.3, -0.25) is 4.98 Å². The Hall–Kier alpha value is -2.70. The smallest absolute Gasteiger partial charge is 0.273 e. The first-order valence-electron chi connectivity index (χ1n) is 6.38. The molecule has 0 saturated heterocycles. The maximum absolute atomic E-state index is 13.6. The molecule has 4 N–H and O–H groups in total. The molecule has 3 rings (SSSR count). The Kier molecular flexibility index (Phi) is 3.01. The number of nitrogens with zero attached hydrogens (tertiary/aromatic N) is 1. The highest BCUT2D eigenvalue weighted by Gasteiger charge is 2.29. The second kappa shape index (κ2) is 4.66. The maximum atomic E-state index is 13.6. The number of fused-ring (bicyclic) bond motifs is 1. The van der Waals surface area contributed by atoms with E-state index in [9.17, 15) is 13.2 Å². The lowest BCUT2D eigenvalue weighted by molar-refractivity contribution is 0.0138. The van der Waals surface area contributed by atoms with Crippen LogP contribution in [0.25, 0.3) is 22.1 Å². The summed E-state index contributed by atoms with van der Waals surface area (Å²) in [6.45, 7) is 0.637. The van der Waals surface area contributed by atoms with Crippen LogP contribution in [0, 0.1) is 5.82 Å². The number of pyridine rings is 1. The molecule has 114 valence electrons. The molecule has 2 aromatic heterocycles. The van der Waals surface area contributed by atoms with Crippen LogP contribution in [0.2, 0.25) is 0 Å². The largest absolute Gasteiger partial charge is 0.437 e. The normalized spacial score (nSPS) is 12.0. The van der Waals surface area contributed by atoms with Crippen LogP contribution < -0.4 is 11.5 Å². The number of alkyl halides is 2. The number of nitrogens with two attached hydrogens (primary N) is 2. The van der Waals surface area contributed by atoms with Gasteiger partial charge in [0.15, 0.2) is 5.58 Å². The Morgan fingerprint density at radius 3 is 2.59 bits per heavy atom. The molecule has 1 aromatic carbocycles. The van der Waals surface area contributed by atoms with Gasteiger partial charge in [0.2, 0.25) is 5.88 Å². The van der Waals surface area contributed by atoms with E-state index in [4.69, 9.17) is 15.9 Å². The molecule has 0 aliphatic carbocycles. The third-order valence-electron chi connectivity index (χ3n) is 3.42. The summed E-state index contributed by atoms with van der Waals surface area (Å²) in [7, 11) is 0. The summed E-state index contributed by atoms with van der Waals surface area (Å²) in [5.41, 5.74) is 12.1. The summed E-state index contributed by atoms with van der Waals surface area (Å²) in [6, 6.07) is 3.44. The van der Waals surface area contributed by atoms with Crippen molar-refractivity contribution in [1.82, 2.24) is 4.98 Å². The van der Waals surface area contributed by atoms with E-state index in [2.05, 4.69) is 4.98 Å². The Bertz CT molecular complexity index is 868. The van der Waals surface area contributed by atoms with Crippen molar-refractivity contribution in [3.8, 4) is 11.1 Å². The summed E-state index contributed by atoms with van der Waals surface area (Å²) in [6.07, 6.45) is 2.86. The number of rotatable bonds is 2. The lowest BCUT2D eigenvalue weighted by Crippen LogP contribution is -2.10. The summed E-state index contributed by atoms with van der Waals surface area (Å²) < 4.78 is 45.8. The third kappa shape index (κ3) is 2.14. The molecule has 2 heterocycles. The predicted molar refractivity (Wildman–Crippen MR) is 77.8 cm³/mol. The average Bonchev–Trinajstić information content (AvgIpc) is 2.73. The van der Waals surface area contributed by atoms with Gasteiger partial charge in [-0.1, -0.05) is 6.07 Å². The van der Waals surface area contributed by atoms with Crippen molar-refractivity contribution in [3.63, 3.8) is 0 Å². The zero-order valence-corrected chi connectivity index (χ0v) is 11.5. The molecule has 0 aliphatic heterocycles. The summed E-state index contributed by atoms with van der Waals surface area (Å²) in [4.78, 5) is 3.97. The molecule has 0 radical (unpaired) electrons. The number of hydrogen-bond acceptors (Lipinski definition) is 4. The Morgan fingerprint density at radius 2 is 1.91 bits per heavy atom. The SMILES string of the molecule is CC(F)(F)c1cc(-c2cncc3oc(N)c(N)c23)ccc1F. The Morgan fingerprint density at radius 1 is 1.18 bits per heavy atom. The van der Waals surface area contributed by atoms with E-state index in [1.54, 1.807) is 0 Å². The minimum absolute atomic E-state index is 0.0207. The number of nitrogen functional groups attached to an aromatic ring is 2. The highest BCUT2D eigenvalue weighted by Crippen LogP contribution is 2.39. The number of halogens is 3. The zero-order chi connectivity index (χ0) is 16.1. The molecule has 0 unspecified atom stereocenters. The monoisotopic (exact) mass is 307 g/mol. The molecule has 0 fully saturated rings. The first-order valence-corrected chi connectivity index (χ1v) is 6.38. The van der Waals surface area contributed by atoms with Gasteiger partial charge >= 0.3 is 0 Å². The van der Waals surface area contributed by atoms with Crippen LogP contribution in [-0.4, -0.2) is 4.98 Å². The van der Waals surface area contributed by atoms with Crippen molar-refractivity contribution < 1.29 is 17.6 Å². The van der Waals surface area contributed by atoms with E-state index in [0.717, 1.165) is 12.1 Å². The summed E-state index contributed by atoms with van der Waals surface area (Å²) in [5.74, 6) is -4.26. The zero-order valence-electron chi connectivity index (χ0n) is 11.5. The van der Waals surface area contributed by atoms with Crippen molar-refractivity contribution in [2.75, 3.05) is 11.5 Å². The Balaban J connectivity index is 2.29. The highest BCUT2D eigenvalue weighted by atomic mass is 19.3. The second-order valence-corrected chi connectivity index (χ2v) is 5.02. The van der Waals surface area contributed by atoms with Crippen molar-refractivity contribution >= 4 is 22.5 Å². The van der Waals surface area contributed by atoms with E-state index < -0.39 is 17.3 Å². The molecular weight excluding hydrogens is 295 g/mol. The molecule has 0 saturated carbocycles. The molecule has 0 spiro atoms. The quantitative estimate of drug-likeness (QED) is 0.752. The van der Waals surface area contributed by atoms with Gasteiger partial charge in [-0.2, -0.15) is 0 Å². The molecule has 3 aromatic rings. The van der Waals surface area contributed by atoms with Crippen molar-refractivity contribution in [3.05, 3.63) is 42.0 Å². The highest BCUT2D eigenvalue weighted by molar-refractivity contribution is 6.04. The van der Waals surface area contributed by atoms with Crippen molar-refractivity contribution in [2.24, 2.45) is 0 Å². The topological polar surface area (TPSA) is 78.1 Å². The fourth-order valence-corrected chi connectivity index (χ4v) is 2.34. The van der Waals surface area contributed by atoms with E-state index in [1.165, 1.54) is 18.5 Å². The van der Waals surface area contributed by atoms with Gasteiger partial charge in [-0.05, 0) is 17.7 Å². The fraction of sp³-hybridized carbons (Fsp3) is 0.133. The molecule has 7 heteroatoms. The van der Waals surface area contributed by atoms with Crippen LogP contribution in [0.3, 0.4) is 0 Å². The molecule has 0 atom stereocenters. The van der Waals surface area contributed by atoms with Crippen LogP contribution in [0.1, 0.15) is 12.5 Å². The number of benzene rings is 1. The van der Waals surface area contributed by atoms with Crippen LogP contribution in [0.5, 0.6) is 0 Å². The number of hydrogen-bond donors (Lipinski definition) is 2. The standard InChI is InChI=1S/C15H12F3N3O/c1-15(17,18)9-4-7(2-3-10(9)16)8-5-21-6-11-12(8)13(19)14(20)22-11/h2-6H,19-20H2,1H3. The van der Waals surface area contributed by atoms with Crippen LogP contribution >= 0.6 is 0 Å². The second-order valence-electron chi connectivity index (χ2n) is 5.02.